The Balaban J connectivity index is 1.75. The molecule has 1 aromatic carbocycles. The fraction of sp³-hybridized carbons (Fsp3) is 0.500. The largest absolute Gasteiger partial charge is 0.492 e. The highest BCUT2D eigenvalue weighted by Gasteiger charge is 2.43. The SMILES string of the molecule is CN(CCOc1ccccc1)C(=O)C1CC(F)(F)CN1. The van der Waals surface area contributed by atoms with E-state index in [2.05, 4.69) is 5.32 Å². The molecule has 1 unspecified atom stereocenters. The van der Waals surface area contributed by atoms with Crippen molar-refractivity contribution in [2.24, 2.45) is 0 Å². The lowest BCUT2D eigenvalue weighted by molar-refractivity contribution is -0.132. The number of likely N-dealkylation sites (N-methyl/N-ethyl adjacent to an activating group) is 1. The molecule has 4 nitrogen and oxygen atoms in total. The van der Waals surface area contributed by atoms with Gasteiger partial charge in [-0.2, -0.15) is 0 Å². The molecule has 0 aliphatic carbocycles. The number of alkyl halides is 2. The number of hydrogen-bond acceptors (Lipinski definition) is 3. The molecule has 0 spiro atoms. The molecule has 20 heavy (non-hydrogen) atoms. The first kappa shape index (κ1) is 14.7. The lowest BCUT2D eigenvalue weighted by Crippen LogP contribution is -2.43. The number of rotatable bonds is 5. The minimum Gasteiger partial charge on any atom is -0.492 e. The Hall–Kier alpha value is -1.69. The van der Waals surface area contributed by atoms with Crippen molar-refractivity contribution in [3.05, 3.63) is 30.3 Å². The summed E-state index contributed by atoms with van der Waals surface area (Å²) in [6.45, 7) is 0.255. The van der Waals surface area contributed by atoms with Crippen LogP contribution in [0.2, 0.25) is 0 Å². The van der Waals surface area contributed by atoms with Crippen molar-refractivity contribution in [3.63, 3.8) is 0 Å². The molecule has 0 bridgehead atoms. The van der Waals surface area contributed by atoms with Crippen LogP contribution in [0.3, 0.4) is 0 Å². The van der Waals surface area contributed by atoms with E-state index in [1.165, 1.54) is 4.90 Å². The fourth-order valence-electron chi connectivity index (χ4n) is 2.08. The summed E-state index contributed by atoms with van der Waals surface area (Å²) in [6, 6.07) is 8.44. The van der Waals surface area contributed by atoms with E-state index in [1.54, 1.807) is 7.05 Å². The molecule has 110 valence electrons. The zero-order valence-electron chi connectivity index (χ0n) is 11.3. The van der Waals surface area contributed by atoms with Crippen molar-refractivity contribution >= 4 is 5.91 Å². The van der Waals surface area contributed by atoms with Crippen LogP contribution in [0, 0.1) is 0 Å². The number of carbonyl (C=O) groups is 1. The third-order valence-electron chi connectivity index (χ3n) is 3.22. The van der Waals surface area contributed by atoms with Crippen molar-refractivity contribution in [2.45, 2.75) is 18.4 Å². The van der Waals surface area contributed by atoms with Crippen LogP contribution in [0.15, 0.2) is 30.3 Å². The number of amides is 1. The van der Waals surface area contributed by atoms with Crippen LogP contribution in [0.25, 0.3) is 0 Å². The van der Waals surface area contributed by atoms with Gasteiger partial charge in [0.05, 0.1) is 19.1 Å². The molecule has 1 heterocycles. The van der Waals surface area contributed by atoms with Crippen LogP contribution in [-0.4, -0.2) is 49.5 Å². The predicted octanol–water partition coefficient (Wildman–Crippen LogP) is 1.52. The molecule has 0 aromatic heterocycles. The standard InChI is InChI=1S/C14H18F2N2O2/c1-18(7-8-20-11-5-3-2-4-6-11)13(19)12-9-14(15,16)10-17-12/h2-6,12,17H,7-10H2,1H3. The smallest absolute Gasteiger partial charge is 0.262 e. The van der Waals surface area contributed by atoms with E-state index in [1.807, 2.05) is 30.3 Å². The zero-order valence-corrected chi connectivity index (χ0v) is 11.3. The molecule has 1 atom stereocenters. The highest BCUT2D eigenvalue weighted by molar-refractivity contribution is 5.82. The second-order valence-corrected chi connectivity index (χ2v) is 4.91. The lowest BCUT2D eigenvalue weighted by atomic mass is 10.2. The van der Waals surface area contributed by atoms with E-state index < -0.39 is 24.9 Å². The Kier molecular flexibility index (Phi) is 4.54. The number of ether oxygens (including phenoxy) is 1. The van der Waals surface area contributed by atoms with Crippen LogP contribution in [-0.2, 0) is 4.79 Å². The molecule has 2 rings (SSSR count). The second-order valence-electron chi connectivity index (χ2n) is 4.91. The zero-order chi connectivity index (χ0) is 14.6. The van der Waals surface area contributed by atoms with Gasteiger partial charge in [0, 0.05) is 13.5 Å². The molecule has 1 N–H and O–H groups in total. The molecule has 1 aliphatic rings. The molecular weight excluding hydrogens is 266 g/mol. The summed E-state index contributed by atoms with van der Waals surface area (Å²) in [5.74, 6) is -2.39. The van der Waals surface area contributed by atoms with Crippen molar-refractivity contribution < 1.29 is 18.3 Å². The molecular formula is C14H18F2N2O2. The first-order valence-corrected chi connectivity index (χ1v) is 6.52. The summed E-state index contributed by atoms with van der Waals surface area (Å²) >= 11 is 0. The third kappa shape index (κ3) is 3.90. The molecule has 1 fully saturated rings. The number of nitrogens with one attached hydrogen (secondary N) is 1. The van der Waals surface area contributed by atoms with E-state index in [-0.39, 0.29) is 5.91 Å². The molecule has 1 saturated heterocycles. The summed E-state index contributed by atoms with van der Waals surface area (Å²) in [5, 5.41) is 2.55. The second kappa shape index (κ2) is 6.17. The van der Waals surface area contributed by atoms with Gasteiger partial charge in [-0.25, -0.2) is 8.78 Å². The van der Waals surface area contributed by atoms with E-state index in [0.717, 1.165) is 5.75 Å². The van der Waals surface area contributed by atoms with Crippen LogP contribution >= 0.6 is 0 Å². The Labute approximate surface area is 116 Å². The van der Waals surface area contributed by atoms with Gasteiger partial charge in [0.25, 0.3) is 5.92 Å². The summed E-state index contributed by atoms with van der Waals surface area (Å²) < 4.78 is 31.5. The minimum atomic E-state index is -2.79. The number of nitrogens with zero attached hydrogens (tertiary/aromatic N) is 1. The monoisotopic (exact) mass is 284 g/mol. The highest BCUT2D eigenvalue weighted by atomic mass is 19.3. The molecule has 0 saturated carbocycles. The van der Waals surface area contributed by atoms with Crippen molar-refractivity contribution in [3.8, 4) is 5.75 Å². The van der Waals surface area contributed by atoms with Crippen molar-refractivity contribution in [1.29, 1.82) is 0 Å². The molecule has 1 aromatic rings. The Bertz CT molecular complexity index is 454. The first-order valence-electron chi connectivity index (χ1n) is 6.52. The third-order valence-corrected chi connectivity index (χ3v) is 3.22. The summed E-state index contributed by atoms with van der Waals surface area (Å²) in [6.07, 6.45) is -0.435. The van der Waals surface area contributed by atoms with Crippen LogP contribution in [0.4, 0.5) is 8.78 Å². The van der Waals surface area contributed by atoms with Gasteiger partial charge in [-0.05, 0) is 12.1 Å². The maximum atomic E-state index is 13.0. The van der Waals surface area contributed by atoms with Crippen LogP contribution in [0.5, 0.6) is 5.75 Å². The number of benzene rings is 1. The molecule has 1 aliphatic heterocycles. The maximum Gasteiger partial charge on any atom is 0.262 e. The van der Waals surface area contributed by atoms with E-state index in [9.17, 15) is 13.6 Å². The molecule has 6 heteroatoms. The Morgan fingerprint density at radius 2 is 2.15 bits per heavy atom. The number of hydrogen-bond donors (Lipinski definition) is 1. The topological polar surface area (TPSA) is 41.6 Å². The van der Waals surface area contributed by atoms with Crippen molar-refractivity contribution in [2.75, 3.05) is 26.7 Å². The van der Waals surface area contributed by atoms with Gasteiger partial charge in [0.2, 0.25) is 5.91 Å². The predicted molar refractivity (Wildman–Crippen MR) is 70.9 cm³/mol. The van der Waals surface area contributed by atoms with Crippen LogP contribution in [0.1, 0.15) is 6.42 Å². The quantitative estimate of drug-likeness (QED) is 0.891. The van der Waals surface area contributed by atoms with Gasteiger partial charge in [-0.1, -0.05) is 18.2 Å². The molecule has 1 amide bonds. The number of carbonyl (C=O) groups excluding carboxylic acids is 1. The number of para-hydroxylation sites is 1. The Morgan fingerprint density at radius 1 is 1.45 bits per heavy atom. The molecule has 0 radical (unpaired) electrons. The van der Waals surface area contributed by atoms with E-state index in [4.69, 9.17) is 4.74 Å². The van der Waals surface area contributed by atoms with Gasteiger partial charge >= 0.3 is 0 Å². The number of halogens is 2. The Morgan fingerprint density at radius 3 is 2.75 bits per heavy atom. The fourth-order valence-corrected chi connectivity index (χ4v) is 2.08. The van der Waals surface area contributed by atoms with Gasteiger partial charge in [0.1, 0.15) is 12.4 Å². The van der Waals surface area contributed by atoms with Gasteiger partial charge in [-0.15, -0.1) is 0 Å². The minimum absolute atomic E-state index is 0.321. The summed E-state index contributed by atoms with van der Waals surface area (Å²) in [5.41, 5.74) is 0. The van der Waals surface area contributed by atoms with Gasteiger partial charge in [0.15, 0.2) is 0 Å². The van der Waals surface area contributed by atoms with Gasteiger partial charge < -0.3 is 9.64 Å². The van der Waals surface area contributed by atoms with E-state index in [0.29, 0.717) is 13.2 Å². The highest BCUT2D eigenvalue weighted by Crippen LogP contribution is 2.25. The van der Waals surface area contributed by atoms with E-state index >= 15 is 0 Å². The average molecular weight is 284 g/mol. The normalized spacial score (nSPS) is 20.6. The first-order chi connectivity index (χ1) is 9.48. The van der Waals surface area contributed by atoms with Crippen LogP contribution < -0.4 is 10.1 Å². The van der Waals surface area contributed by atoms with Gasteiger partial charge in [-0.3, -0.25) is 10.1 Å². The lowest BCUT2D eigenvalue weighted by Gasteiger charge is -2.21. The van der Waals surface area contributed by atoms with Crippen molar-refractivity contribution in [1.82, 2.24) is 10.2 Å². The summed E-state index contributed by atoms with van der Waals surface area (Å²) in [7, 11) is 1.59. The maximum absolute atomic E-state index is 13.0. The summed E-state index contributed by atoms with van der Waals surface area (Å²) in [4.78, 5) is 13.4. The average Bonchev–Trinajstić information content (AvgIpc) is 2.79.